The summed E-state index contributed by atoms with van der Waals surface area (Å²) in [5.74, 6) is -0.404. The molecule has 1 aromatic rings. The number of amides is 1. The summed E-state index contributed by atoms with van der Waals surface area (Å²) in [5, 5.41) is 0. The maximum Gasteiger partial charge on any atom is 0.255 e. The molecule has 0 unspecified atom stereocenters. The molecule has 1 aliphatic rings. The van der Waals surface area contributed by atoms with E-state index in [0.29, 0.717) is 16.6 Å². The normalized spacial score (nSPS) is 15.2. The highest BCUT2D eigenvalue weighted by Gasteiger charge is 2.18. The van der Waals surface area contributed by atoms with Gasteiger partial charge in [0.25, 0.3) is 5.91 Å². The van der Waals surface area contributed by atoms with E-state index in [-0.39, 0.29) is 11.7 Å². The smallest absolute Gasteiger partial charge is 0.255 e. The zero-order valence-electron chi connectivity index (χ0n) is 8.62. The highest BCUT2D eigenvalue weighted by molar-refractivity contribution is 9.10. The van der Waals surface area contributed by atoms with Gasteiger partial charge in [0, 0.05) is 17.6 Å². The van der Waals surface area contributed by atoms with Crippen molar-refractivity contribution in [3.63, 3.8) is 0 Å². The van der Waals surface area contributed by atoms with E-state index >= 15 is 0 Å². The molecule has 2 rings (SSSR count). The summed E-state index contributed by atoms with van der Waals surface area (Å²) in [5.41, 5.74) is 0.511. The Morgan fingerprint density at radius 1 is 1.38 bits per heavy atom. The second-order valence-corrected chi connectivity index (χ2v) is 4.49. The molecule has 0 fully saturated rings. The molecule has 0 aliphatic carbocycles. The van der Waals surface area contributed by atoms with Crippen molar-refractivity contribution in [2.75, 3.05) is 13.1 Å². The van der Waals surface area contributed by atoms with Crippen LogP contribution in [0.25, 0.3) is 0 Å². The number of benzene rings is 1. The standard InChI is InChI=1S/C12H11BrFNO/c13-11-8-9(14)4-5-10(11)12(16)15-6-2-1-3-7-15/h1-2,4-5,8H,3,6-7H2. The summed E-state index contributed by atoms with van der Waals surface area (Å²) >= 11 is 3.21. The molecule has 16 heavy (non-hydrogen) atoms. The minimum atomic E-state index is -0.345. The molecule has 0 aromatic heterocycles. The van der Waals surface area contributed by atoms with E-state index in [2.05, 4.69) is 22.0 Å². The molecule has 0 saturated carbocycles. The van der Waals surface area contributed by atoms with Gasteiger partial charge in [0.05, 0.1) is 5.56 Å². The van der Waals surface area contributed by atoms with E-state index in [1.807, 2.05) is 6.08 Å². The second kappa shape index (κ2) is 4.78. The molecule has 1 amide bonds. The molecular formula is C12H11BrFNO. The first-order chi connectivity index (χ1) is 7.68. The fourth-order valence-electron chi connectivity index (χ4n) is 1.66. The highest BCUT2D eigenvalue weighted by Crippen LogP contribution is 2.20. The van der Waals surface area contributed by atoms with E-state index < -0.39 is 0 Å². The third-order valence-corrected chi connectivity index (χ3v) is 3.16. The number of hydrogen-bond donors (Lipinski definition) is 0. The molecule has 1 aliphatic heterocycles. The van der Waals surface area contributed by atoms with Crippen molar-refractivity contribution in [3.05, 3.63) is 46.2 Å². The van der Waals surface area contributed by atoms with Gasteiger partial charge in [-0.2, -0.15) is 0 Å². The second-order valence-electron chi connectivity index (χ2n) is 3.64. The van der Waals surface area contributed by atoms with Gasteiger partial charge in [-0.05, 0) is 40.5 Å². The van der Waals surface area contributed by atoms with Gasteiger partial charge < -0.3 is 4.90 Å². The van der Waals surface area contributed by atoms with Crippen LogP contribution in [0, 0.1) is 5.82 Å². The molecule has 1 aromatic carbocycles. The molecule has 0 spiro atoms. The first kappa shape index (κ1) is 11.3. The van der Waals surface area contributed by atoms with Crippen molar-refractivity contribution < 1.29 is 9.18 Å². The van der Waals surface area contributed by atoms with Gasteiger partial charge in [-0.25, -0.2) is 4.39 Å². The Kier molecular flexibility index (Phi) is 3.39. The van der Waals surface area contributed by atoms with Crippen LogP contribution in [0.1, 0.15) is 16.8 Å². The zero-order chi connectivity index (χ0) is 11.5. The topological polar surface area (TPSA) is 20.3 Å². The average Bonchev–Trinajstić information content (AvgIpc) is 2.29. The third-order valence-electron chi connectivity index (χ3n) is 2.51. The molecule has 1 heterocycles. The van der Waals surface area contributed by atoms with Crippen LogP contribution in [0.15, 0.2) is 34.8 Å². The summed E-state index contributed by atoms with van der Waals surface area (Å²) in [6, 6.07) is 4.13. The van der Waals surface area contributed by atoms with Gasteiger partial charge in [-0.3, -0.25) is 4.79 Å². The Morgan fingerprint density at radius 2 is 2.19 bits per heavy atom. The van der Waals surface area contributed by atoms with Crippen molar-refractivity contribution in [3.8, 4) is 0 Å². The number of rotatable bonds is 1. The quantitative estimate of drug-likeness (QED) is 0.726. The van der Waals surface area contributed by atoms with Crippen LogP contribution < -0.4 is 0 Å². The minimum Gasteiger partial charge on any atom is -0.335 e. The Morgan fingerprint density at radius 3 is 2.81 bits per heavy atom. The maximum atomic E-state index is 12.9. The molecule has 0 bridgehead atoms. The number of carbonyl (C=O) groups is 1. The summed E-state index contributed by atoms with van der Waals surface area (Å²) < 4.78 is 13.4. The number of carbonyl (C=O) groups excluding carboxylic acids is 1. The van der Waals surface area contributed by atoms with Gasteiger partial charge in [-0.15, -0.1) is 0 Å². The van der Waals surface area contributed by atoms with E-state index in [0.717, 1.165) is 13.0 Å². The van der Waals surface area contributed by atoms with Crippen molar-refractivity contribution >= 4 is 21.8 Å². The molecule has 0 atom stereocenters. The molecule has 0 saturated heterocycles. The Balaban J connectivity index is 2.23. The minimum absolute atomic E-state index is 0.0591. The fourth-order valence-corrected chi connectivity index (χ4v) is 2.18. The van der Waals surface area contributed by atoms with Gasteiger partial charge in [0.1, 0.15) is 5.82 Å². The summed E-state index contributed by atoms with van der Waals surface area (Å²) in [6.07, 6.45) is 4.91. The largest absolute Gasteiger partial charge is 0.335 e. The summed E-state index contributed by atoms with van der Waals surface area (Å²) in [6.45, 7) is 1.35. The Hall–Kier alpha value is -1.16. The summed E-state index contributed by atoms with van der Waals surface area (Å²) in [4.78, 5) is 13.8. The maximum absolute atomic E-state index is 12.9. The molecule has 0 N–H and O–H groups in total. The van der Waals surface area contributed by atoms with Crippen LogP contribution >= 0.6 is 15.9 Å². The monoisotopic (exact) mass is 283 g/mol. The summed E-state index contributed by atoms with van der Waals surface area (Å²) in [7, 11) is 0. The first-order valence-electron chi connectivity index (χ1n) is 5.08. The lowest BCUT2D eigenvalue weighted by atomic mass is 10.1. The predicted octanol–water partition coefficient (Wildman–Crippen LogP) is 2.99. The Labute approximate surface area is 102 Å². The van der Waals surface area contributed by atoms with E-state index in [1.165, 1.54) is 18.2 Å². The third kappa shape index (κ3) is 2.32. The lowest BCUT2D eigenvalue weighted by molar-refractivity contribution is 0.0770. The van der Waals surface area contributed by atoms with E-state index in [4.69, 9.17) is 0 Å². The van der Waals surface area contributed by atoms with Crippen LogP contribution in [0.5, 0.6) is 0 Å². The first-order valence-corrected chi connectivity index (χ1v) is 5.87. The van der Waals surface area contributed by atoms with Crippen LogP contribution in [-0.2, 0) is 0 Å². The van der Waals surface area contributed by atoms with Crippen molar-refractivity contribution in [1.29, 1.82) is 0 Å². The van der Waals surface area contributed by atoms with Crippen LogP contribution in [0.4, 0.5) is 4.39 Å². The molecular weight excluding hydrogens is 273 g/mol. The molecule has 4 heteroatoms. The van der Waals surface area contributed by atoms with Crippen molar-refractivity contribution in [1.82, 2.24) is 4.90 Å². The SMILES string of the molecule is O=C(c1ccc(F)cc1Br)N1CC=CCC1. The molecule has 2 nitrogen and oxygen atoms in total. The molecule has 84 valence electrons. The van der Waals surface area contributed by atoms with Crippen LogP contribution in [-0.4, -0.2) is 23.9 Å². The number of nitrogens with zero attached hydrogens (tertiary/aromatic N) is 1. The highest BCUT2D eigenvalue weighted by atomic mass is 79.9. The van der Waals surface area contributed by atoms with Gasteiger partial charge in [-0.1, -0.05) is 12.2 Å². The van der Waals surface area contributed by atoms with Gasteiger partial charge in [0.15, 0.2) is 0 Å². The lowest BCUT2D eigenvalue weighted by Gasteiger charge is -2.23. The predicted molar refractivity (Wildman–Crippen MR) is 63.8 cm³/mol. The van der Waals surface area contributed by atoms with Crippen molar-refractivity contribution in [2.24, 2.45) is 0 Å². The van der Waals surface area contributed by atoms with Crippen LogP contribution in [0.2, 0.25) is 0 Å². The van der Waals surface area contributed by atoms with Gasteiger partial charge >= 0.3 is 0 Å². The zero-order valence-corrected chi connectivity index (χ0v) is 10.2. The fraction of sp³-hybridized carbons (Fsp3) is 0.250. The van der Waals surface area contributed by atoms with E-state index in [9.17, 15) is 9.18 Å². The van der Waals surface area contributed by atoms with Crippen LogP contribution in [0.3, 0.4) is 0 Å². The van der Waals surface area contributed by atoms with Crippen molar-refractivity contribution in [2.45, 2.75) is 6.42 Å². The average molecular weight is 284 g/mol. The number of hydrogen-bond acceptors (Lipinski definition) is 1. The van der Waals surface area contributed by atoms with E-state index in [1.54, 1.807) is 4.90 Å². The van der Waals surface area contributed by atoms with Gasteiger partial charge in [0.2, 0.25) is 0 Å². The lowest BCUT2D eigenvalue weighted by Crippen LogP contribution is -2.33. The Bertz CT molecular complexity index is 445. The number of halogens is 2. The molecule has 0 radical (unpaired) electrons.